The molecule has 2 rings (SSSR count). The maximum atomic E-state index is 12.6. The third-order valence-corrected chi connectivity index (χ3v) is 2.60. The SMILES string of the molecule is Cn1c(C(F)(F)F)nc2c([N+](=O)[O-])cc(Cl)cc21. The van der Waals surface area contributed by atoms with Gasteiger partial charge in [0.2, 0.25) is 5.82 Å². The Morgan fingerprint density at radius 2 is 2.06 bits per heavy atom. The van der Waals surface area contributed by atoms with Crippen molar-refractivity contribution >= 4 is 28.3 Å². The zero-order valence-corrected chi connectivity index (χ0v) is 9.58. The maximum absolute atomic E-state index is 12.6. The Labute approximate surface area is 103 Å². The number of halogens is 4. The van der Waals surface area contributed by atoms with Gasteiger partial charge >= 0.3 is 6.18 Å². The van der Waals surface area contributed by atoms with Gasteiger partial charge in [0.25, 0.3) is 5.69 Å². The second kappa shape index (κ2) is 3.84. The van der Waals surface area contributed by atoms with E-state index in [0.717, 1.165) is 17.7 Å². The van der Waals surface area contributed by atoms with E-state index in [1.165, 1.54) is 6.07 Å². The summed E-state index contributed by atoms with van der Waals surface area (Å²) in [5.74, 6) is -1.21. The largest absolute Gasteiger partial charge is 0.449 e. The summed E-state index contributed by atoms with van der Waals surface area (Å²) in [6, 6.07) is 2.17. The van der Waals surface area contributed by atoms with Gasteiger partial charge in [-0.25, -0.2) is 4.98 Å². The predicted octanol–water partition coefficient (Wildman–Crippen LogP) is 3.15. The molecule has 0 unspecified atom stereocenters. The lowest BCUT2D eigenvalue weighted by Crippen LogP contribution is -2.12. The van der Waals surface area contributed by atoms with Gasteiger partial charge in [0.1, 0.15) is 0 Å². The number of aryl methyl sites for hydroxylation is 1. The lowest BCUT2D eigenvalue weighted by atomic mass is 10.2. The fourth-order valence-corrected chi connectivity index (χ4v) is 1.84. The van der Waals surface area contributed by atoms with Crippen molar-refractivity contribution in [2.45, 2.75) is 6.18 Å². The highest BCUT2D eigenvalue weighted by molar-refractivity contribution is 6.31. The van der Waals surface area contributed by atoms with E-state index in [2.05, 4.69) is 4.98 Å². The van der Waals surface area contributed by atoms with Gasteiger partial charge in [-0.15, -0.1) is 0 Å². The van der Waals surface area contributed by atoms with E-state index in [4.69, 9.17) is 11.6 Å². The molecule has 5 nitrogen and oxygen atoms in total. The minimum atomic E-state index is -4.69. The number of fused-ring (bicyclic) bond motifs is 1. The van der Waals surface area contributed by atoms with Gasteiger partial charge in [0, 0.05) is 18.1 Å². The smallest absolute Gasteiger partial charge is 0.323 e. The van der Waals surface area contributed by atoms with Crippen molar-refractivity contribution in [3.8, 4) is 0 Å². The summed E-state index contributed by atoms with van der Waals surface area (Å²) >= 11 is 5.64. The number of alkyl halides is 3. The van der Waals surface area contributed by atoms with Gasteiger partial charge in [0.15, 0.2) is 5.52 Å². The van der Waals surface area contributed by atoms with Gasteiger partial charge in [-0.1, -0.05) is 11.6 Å². The number of hydrogen-bond acceptors (Lipinski definition) is 3. The molecular weight excluding hydrogens is 275 g/mol. The Morgan fingerprint density at radius 3 is 2.56 bits per heavy atom. The Morgan fingerprint density at radius 1 is 1.44 bits per heavy atom. The van der Waals surface area contributed by atoms with Crippen LogP contribution in [0.1, 0.15) is 5.82 Å². The van der Waals surface area contributed by atoms with Gasteiger partial charge in [-0.05, 0) is 6.07 Å². The van der Waals surface area contributed by atoms with E-state index in [0.29, 0.717) is 0 Å². The maximum Gasteiger partial charge on any atom is 0.449 e. The normalized spacial score (nSPS) is 12.1. The zero-order chi connectivity index (χ0) is 13.7. The number of hydrogen-bond donors (Lipinski definition) is 0. The minimum Gasteiger partial charge on any atom is -0.323 e. The summed E-state index contributed by atoms with van der Waals surface area (Å²) in [4.78, 5) is 13.2. The molecule has 0 amide bonds. The number of non-ortho nitro benzene ring substituents is 1. The zero-order valence-electron chi connectivity index (χ0n) is 8.82. The van der Waals surface area contributed by atoms with E-state index in [-0.39, 0.29) is 16.1 Å². The van der Waals surface area contributed by atoms with Crippen LogP contribution in [0, 0.1) is 10.1 Å². The lowest BCUT2D eigenvalue weighted by molar-refractivity contribution is -0.383. The van der Waals surface area contributed by atoms with Crippen molar-refractivity contribution in [3.63, 3.8) is 0 Å². The molecule has 96 valence electrons. The highest BCUT2D eigenvalue weighted by Gasteiger charge is 2.38. The summed E-state index contributed by atoms with van der Waals surface area (Å²) in [5, 5.41) is 10.7. The molecule has 18 heavy (non-hydrogen) atoms. The van der Waals surface area contributed by atoms with Crippen molar-refractivity contribution in [1.29, 1.82) is 0 Å². The number of benzene rings is 1. The molecule has 0 saturated heterocycles. The molecule has 1 aromatic carbocycles. The van der Waals surface area contributed by atoms with Crippen LogP contribution in [0.15, 0.2) is 12.1 Å². The van der Waals surface area contributed by atoms with E-state index < -0.39 is 22.6 Å². The molecule has 1 heterocycles. The van der Waals surface area contributed by atoms with Crippen LogP contribution in [0.4, 0.5) is 18.9 Å². The van der Waals surface area contributed by atoms with Crippen LogP contribution in [0.2, 0.25) is 5.02 Å². The Bertz CT molecular complexity index is 651. The standard InChI is InChI=1S/C9H5ClF3N3O2/c1-15-5-2-4(10)3-6(16(17)18)7(5)14-8(15)9(11,12)13/h2-3H,1H3. The third-order valence-electron chi connectivity index (χ3n) is 2.38. The molecule has 2 aromatic rings. The minimum absolute atomic E-state index is 0.0223. The van der Waals surface area contributed by atoms with Crippen LogP contribution in [0.25, 0.3) is 11.0 Å². The first-order valence-corrected chi connectivity index (χ1v) is 4.97. The van der Waals surface area contributed by atoms with E-state index in [9.17, 15) is 23.3 Å². The Kier molecular flexibility index (Phi) is 2.69. The molecule has 0 saturated carbocycles. The van der Waals surface area contributed by atoms with Crippen molar-refractivity contribution in [2.75, 3.05) is 0 Å². The quantitative estimate of drug-likeness (QED) is 0.595. The highest BCUT2D eigenvalue weighted by Crippen LogP contribution is 2.35. The summed E-state index contributed by atoms with van der Waals surface area (Å²) < 4.78 is 38.6. The highest BCUT2D eigenvalue weighted by atomic mass is 35.5. The molecule has 9 heteroatoms. The molecule has 0 aliphatic rings. The van der Waals surface area contributed by atoms with Crippen molar-refractivity contribution in [1.82, 2.24) is 9.55 Å². The fourth-order valence-electron chi connectivity index (χ4n) is 1.63. The fraction of sp³-hybridized carbons (Fsp3) is 0.222. The molecule has 0 N–H and O–H groups in total. The first-order chi connectivity index (χ1) is 8.21. The van der Waals surface area contributed by atoms with E-state index in [1.54, 1.807) is 0 Å². The van der Waals surface area contributed by atoms with E-state index in [1.807, 2.05) is 0 Å². The molecule has 0 aliphatic heterocycles. The van der Waals surface area contributed by atoms with Gasteiger partial charge < -0.3 is 4.57 Å². The van der Waals surface area contributed by atoms with Crippen molar-refractivity contribution < 1.29 is 18.1 Å². The summed E-state index contributed by atoms with van der Waals surface area (Å²) in [6.45, 7) is 0. The topological polar surface area (TPSA) is 61.0 Å². The number of nitro groups is 1. The van der Waals surface area contributed by atoms with Gasteiger partial charge in [0.05, 0.1) is 10.4 Å². The van der Waals surface area contributed by atoms with Crippen LogP contribution in [-0.2, 0) is 13.2 Å². The summed E-state index contributed by atoms with van der Waals surface area (Å²) in [7, 11) is 1.12. The number of nitrogens with zero attached hydrogens (tertiary/aromatic N) is 3. The Hall–Kier alpha value is -1.83. The summed E-state index contributed by atoms with van der Waals surface area (Å²) in [5.41, 5.74) is -0.927. The molecule has 0 spiro atoms. The molecular formula is C9H5ClF3N3O2. The van der Waals surface area contributed by atoms with Crippen LogP contribution < -0.4 is 0 Å². The van der Waals surface area contributed by atoms with Crippen molar-refractivity contribution in [3.05, 3.63) is 33.1 Å². The molecule has 1 aromatic heterocycles. The molecule has 0 atom stereocenters. The first kappa shape index (κ1) is 12.6. The van der Waals surface area contributed by atoms with Crippen LogP contribution in [-0.4, -0.2) is 14.5 Å². The number of nitro benzene ring substituents is 1. The van der Waals surface area contributed by atoms with Crippen LogP contribution in [0.5, 0.6) is 0 Å². The summed E-state index contributed by atoms with van der Waals surface area (Å²) in [6.07, 6.45) is -4.69. The van der Waals surface area contributed by atoms with Crippen LogP contribution >= 0.6 is 11.6 Å². The molecule has 0 fully saturated rings. The molecule has 0 radical (unpaired) electrons. The lowest BCUT2D eigenvalue weighted by Gasteiger charge is -2.05. The first-order valence-electron chi connectivity index (χ1n) is 4.59. The predicted molar refractivity (Wildman–Crippen MR) is 57.4 cm³/mol. The van der Waals surface area contributed by atoms with Gasteiger partial charge in [-0.3, -0.25) is 10.1 Å². The van der Waals surface area contributed by atoms with Crippen LogP contribution in [0.3, 0.4) is 0 Å². The second-order valence-electron chi connectivity index (χ2n) is 3.54. The van der Waals surface area contributed by atoms with E-state index >= 15 is 0 Å². The van der Waals surface area contributed by atoms with Gasteiger partial charge in [-0.2, -0.15) is 13.2 Å². The second-order valence-corrected chi connectivity index (χ2v) is 3.98. The average molecular weight is 280 g/mol. The average Bonchev–Trinajstić information content (AvgIpc) is 2.55. The monoisotopic (exact) mass is 279 g/mol. The molecule has 0 bridgehead atoms. The Balaban J connectivity index is 2.88. The number of rotatable bonds is 1. The number of aromatic nitrogens is 2. The third kappa shape index (κ3) is 1.88. The molecule has 0 aliphatic carbocycles. The number of imidazole rings is 1. The van der Waals surface area contributed by atoms with Crippen molar-refractivity contribution in [2.24, 2.45) is 7.05 Å².